The zero-order valence-corrected chi connectivity index (χ0v) is 14.2. The van der Waals surface area contributed by atoms with Crippen LogP contribution in [0.25, 0.3) is 6.08 Å². The first-order valence-electron chi connectivity index (χ1n) is 7.43. The minimum Gasteiger partial charge on any atom is -0.502 e. The average molecular weight is 338 g/mol. The van der Waals surface area contributed by atoms with Crippen molar-refractivity contribution in [3.8, 4) is 23.3 Å². The van der Waals surface area contributed by atoms with E-state index in [2.05, 4.69) is 5.32 Å². The summed E-state index contributed by atoms with van der Waals surface area (Å²) in [6.07, 6.45) is 1.40. The van der Waals surface area contributed by atoms with Crippen molar-refractivity contribution in [2.24, 2.45) is 0 Å². The molecule has 0 fully saturated rings. The number of aryl methyl sites for hydroxylation is 1. The van der Waals surface area contributed by atoms with Crippen LogP contribution in [0.3, 0.4) is 0 Å². The molecular formula is C19H18N2O4. The standard InChI is InChI=1S/C19H18N2O4/c1-12-5-4-6-15(7-12)21-19(23)14(11-20)8-13-9-16(24-2)18(22)17(10-13)25-3/h4-10,22H,1-3H3,(H,21,23)/b14-8-. The zero-order chi connectivity index (χ0) is 18.4. The Morgan fingerprint density at radius 3 is 2.36 bits per heavy atom. The number of rotatable bonds is 5. The van der Waals surface area contributed by atoms with Gasteiger partial charge < -0.3 is 19.9 Å². The number of nitriles is 1. The van der Waals surface area contributed by atoms with E-state index in [1.54, 1.807) is 12.1 Å². The SMILES string of the molecule is COc1cc(/C=C(/C#N)C(=O)Nc2cccc(C)c2)cc(OC)c1O. The lowest BCUT2D eigenvalue weighted by molar-refractivity contribution is -0.112. The van der Waals surface area contributed by atoms with Gasteiger partial charge in [0, 0.05) is 5.69 Å². The predicted molar refractivity (Wildman–Crippen MR) is 94.6 cm³/mol. The highest BCUT2D eigenvalue weighted by molar-refractivity contribution is 6.09. The summed E-state index contributed by atoms with van der Waals surface area (Å²) in [6, 6.07) is 12.2. The summed E-state index contributed by atoms with van der Waals surface area (Å²) in [4.78, 5) is 12.3. The number of aromatic hydroxyl groups is 1. The van der Waals surface area contributed by atoms with Crippen molar-refractivity contribution in [3.63, 3.8) is 0 Å². The number of amides is 1. The topological polar surface area (TPSA) is 91.6 Å². The van der Waals surface area contributed by atoms with Crippen LogP contribution < -0.4 is 14.8 Å². The third-order valence-electron chi connectivity index (χ3n) is 3.45. The van der Waals surface area contributed by atoms with Gasteiger partial charge in [-0.15, -0.1) is 0 Å². The first kappa shape index (κ1) is 17.9. The van der Waals surface area contributed by atoms with Crippen LogP contribution in [0, 0.1) is 18.3 Å². The molecule has 0 heterocycles. The first-order chi connectivity index (χ1) is 12.0. The van der Waals surface area contributed by atoms with E-state index in [1.165, 1.54) is 32.4 Å². The van der Waals surface area contributed by atoms with E-state index in [9.17, 15) is 15.2 Å². The van der Waals surface area contributed by atoms with Crippen LogP contribution in [0.2, 0.25) is 0 Å². The van der Waals surface area contributed by atoms with Crippen LogP contribution in [-0.4, -0.2) is 25.2 Å². The van der Waals surface area contributed by atoms with Gasteiger partial charge in [0.05, 0.1) is 14.2 Å². The molecule has 0 saturated carbocycles. The molecule has 25 heavy (non-hydrogen) atoms. The zero-order valence-electron chi connectivity index (χ0n) is 14.2. The van der Waals surface area contributed by atoms with Crippen molar-refractivity contribution in [2.45, 2.75) is 6.92 Å². The van der Waals surface area contributed by atoms with Gasteiger partial charge in [-0.2, -0.15) is 5.26 Å². The highest BCUT2D eigenvalue weighted by Crippen LogP contribution is 2.37. The highest BCUT2D eigenvalue weighted by atomic mass is 16.5. The molecule has 0 saturated heterocycles. The van der Waals surface area contributed by atoms with Gasteiger partial charge in [0.2, 0.25) is 5.75 Å². The van der Waals surface area contributed by atoms with Gasteiger partial charge >= 0.3 is 0 Å². The summed E-state index contributed by atoms with van der Waals surface area (Å²) in [6.45, 7) is 1.91. The quantitative estimate of drug-likeness (QED) is 0.645. The molecule has 6 heteroatoms. The van der Waals surface area contributed by atoms with Crippen LogP contribution in [0.5, 0.6) is 17.2 Å². The van der Waals surface area contributed by atoms with E-state index in [-0.39, 0.29) is 22.8 Å². The smallest absolute Gasteiger partial charge is 0.266 e. The molecule has 2 N–H and O–H groups in total. The Labute approximate surface area is 145 Å². The Morgan fingerprint density at radius 1 is 1.20 bits per heavy atom. The number of carbonyl (C=O) groups is 1. The number of phenolic OH excluding ortho intramolecular Hbond substituents is 1. The summed E-state index contributed by atoms with van der Waals surface area (Å²) >= 11 is 0. The number of ether oxygens (including phenoxy) is 2. The van der Waals surface area contributed by atoms with Gasteiger partial charge in [0.1, 0.15) is 11.6 Å². The van der Waals surface area contributed by atoms with Crippen molar-refractivity contribution in [1.29, 1.82) is 5.26 Å². The van der Waals surface area contributed by atoms with Crippen LogP contribution in [0.1, 0.15) is 11.1 Å². The number of nitrogens with zero attached hydrogens (tertiary/aromatic N) is 1. The van der Waals surface area contributed by atoms with Gasteiger partial charge in [-0.25, -0.2) is 0 Å². The molecule has 0 aliphatic rings. The molecule has 0 aliphatic heterocycles. The molecule has 2 aromatic carbocycles. The van der Waals surface area contributed by atoms with Crippen molar-refractivity contribution >= 4 is 17.7 Å². The Hall–Kier alpha value is -3.46. The molecule has 0 aromatic heterocycles. The lowest BCUT2D eigenvalue weighted by Crippen LogP contribution is -2.13. The second kappa shape index (κ2) is 7.88. The van der Waals surface area contributed by atoms with Crippen LogP contribution in [0.4, 0.5) is 5.69 Å². The van der Waals surface area contributed by atoms with E-state index in [0.29, 0.717) is 11.3 Å². The predicted octanol–water partition coefficient (Wildman–Crippen LogP) is 3.26. The van der Waals surface area contributed by atoms with Crippen LogP contribution in [-0.2, 0) is 4.79 Å². The molecule has 0 atom stereocenters. The van der Waals surface area contributed by atoms with Crippen molar-refractivity contribution in [2.75, 3.05) is 19.5 Å². The second-order valence-electron chi connectivity index (χ2n) is 5.27. The van der Waals surface area contributed by atoms with Gasteiger partial charge in [-0.05, 0) is 48.4 Å². The summed E-state index contributed by atoms with van der Waals surface area (Å²) in [7, 11) is 2.80. The van der Waals surface area contributed by atoms with Gasteiger partial charge in [-0.3, -0.25) is 4.79 Å². The maximum absolute atomic E-state index is 12.3. The van der Waals surface area contributed by atoms with E-state index >= 15 is 0 Å². The summed E-state index contributed by atoms with van der Waals surface area (Å²) in [5, 5.41) is 21.9. The Bertz CT molecular complexity index is 841. The number of carbonyl (C=O) groups excluding carboxylic acids is 1. The molecule has 0 unspecified atom stereocenters. The lowest BCUT2D eigenvalue weighted by Gasteiger charge is -2.10. The number of benzene rings is 2. The first-order valence-corrected chi connectivity index (χ1v) is 7.43. The third kappa shape index (κ3) is 4.30. The monoisotopic (exact) mass is 338 g/mol. The van der Waals surface area contributed by atoms with Crippen molar-refractivity contribution in [1.82, 2.24) is 0 Å². The molecule has 0 aliphatic carbocycles. The van der Waals surface area contributed by atoms with E-state index < -0.39 is 5.91 Å². The summed E-state index contributed by atoms with van der Waals surface area (Å²) < 4.78 is 10.1. The molecule has 2 rings (SSSR count). The maximum atomic E-state index is 12.3. The largest absolute Gasteiger partial charge is 0.502 e. The van der Waals surface area contributed by atoms with Gasteiger partial charge in [0.15, 0.2) is 11.5 Å². The lowest BCUT2D eigenvalue weighted by atomic mass is 10.1. The van der Waals surface area contributed by atoms with Gasteiger partial charge in [-0.1, -0.05) is 12.1 Å². The normalized spacial score (nSPS) is 10.7. The Balaban J connectivity index is 2.33. The molecule has 6 nitrogen and oxygen atoms in total. The second-order valence-corrected chi connectivity index (χ2v) is 5.27. The third-order valence-corrected chi connectivity index (χ3v) is 3.45. The minimum atomic E-state index is -0.529. The average Bonchev–Trinajstić information content (AvgIpc) is 2.60. The fourth-order valence-corrected chi connectivity index (χ4v) is 2.23. The minimum absolute atomic E-state index is 0.0868. The fourth-order valence-electron chi connectivity index (χ4n) is 2.23. The van der Waals surface area contributed by atoms with Gasteiger partial charge in [0.25, 0.3) is 5.91 Å². The number of anilines is 1. The molecule has 0 spiro atoms. The summed E-state index contributed by atoms with van der Waals surface area (Å²) in [5.74, 6) is -0.312. The number of nitrogens with one attached hydrogen (secondary N) is 1. The van der Waals surface area contributed by atoms with Crippen molar-refractivity contribution in [3.05, 3.63) is 53.1 Å². The Morgan fingerprint density at radius 2 is 1.84 bits per heavy atom. The molecule has 128 valence electrons. The Kier molecular flexibility index (Phi) is 5.64. The molecule has 1 amide bonds. The van der Waals surface area contributed by atoms with Crippen LogP contribution in [0.15, 0.2) is 42.0 Å². The van der Waals surface area contributed by atoms with E-state index in [0.717, 1.165) is 5.56 Å². The van der Waals surface area contributed by atoms with Crippen LogP contribution >= 0.6 is 0 Å². The summed E-state index contributed by atoms with van der Waals surface area (Å²) in [5.41, 5.74) is 2.00. The van der Waals surface area contributed by atoms with E-state index in [1.807, 2.05) is 25.1 Å². The molecular weight excluding hydrogens is 320 g/mol. The maximum Gasteiger partial charge on any atom is 0.266 e. The van der Waals surface area contributed by atoms with Crippen molar-refractivity contribution < 1.29 is 19.4 Å². The molecule has 0 radical (unpaired) electrons. The van der Waals surface area contributed by atoms with E-state index in [4.69, 9.17) is 9.47 Å². The number of hydrogen-bond donors (Lipinski definition) is 2. The molecule has 2 aromatic rings. The number of methoxy groups -OCH3 is 2. The fraction of sp³-hybridized carbons (Fsp3) is 0.158. The number of hydrogen-bond acceptors (Lipinski definition) is 5. The molecule has 0 bridgehead atoms. The number of phenols is 1. The highest BCUT2D eigenvalue weighted by Gasteiger charge is 2.13.